The standard InChI is InChI=1S/C17H14N2O3/c1-21-15-7-3-5-13-10-19(16(20)11-22-17(13)15)14-6-2-4-12(8-14)9-18/h2-8H,10-11H2,1H3. The van der Waals surface area contributed by atoms with Gasteiger partial charge in [-0.15, -0.1) is 0 Å². The average Bonchev–Trinajstić information content (AvgIpc) is 2.74. The van der Waals surface area contributed by atoms with Gasteiger partial charge in [0, 0.05) is 11.3 Å². The van der Waals surface area contributed by atoms with Gasteiger partial charge in [-0.1, -0.05) is 18.2 Å². The molecule has 0 N–H and O–H groups in total. The predicted molar refractivity (Wildman–Crippen MR) is 80.8 cm³/mol. The maximum Gasteiger partial charge on any atom is 0.265 e. The van der Waals surface area contributed by atoms with Crippen LogP contribution in [0.5, 0.6) is 11.5 Å². The number of hydrogen-bond donors (Lipinski definition) is 0. The van der Waals surface area contributed by atoms with Gasteiger partial charge in [-0.25, -0.2) is 0 Å². The molecular formula is C17H14N2O3. The molecule has 0 saturated carbocycles. The highest BCUT2D eigenvalue weighted by molar-refractivity contribution is 5.95. The Kier molecular flexibility index (Phi) is 3.67. The van der Waals surface area contributed by atoms with E-state index in [0.717, 1.165) is 5.56 Å². The van der Waals surface area contributed by atoms with E-state index in [9.17, 15) is 4.79 Å². The molecule has 0 aliphatic carbocycles. The molecule has 2 aromatic carbocycles. The fourth-order valence-corrected chi connectivity index (χ4v) is 2.46. The monoisotopic (exact) mass is 294 g/mol. The summed E-state index contributed by atoms with van der Waals surface area (Å²) in [4.78, 5) is 14.0. The van der Waals surface area contributed by atoms with Crippen molar-refractivity contribution in [1.29, 1.82) is 5.26 Å². The summed E-state index contributed by atoms with van der Waals surface area (Å²) in [5.74, 6) is 1.04. The second-order valence-corrected chi connectivity index (χ2v) is 4.88. The molecule has 0 radical (unpaired) electrons. The van der Waals surface area contributed by atoms with Gasteiger partial charge in [-0.05, 0) is 24.3 Å². The van der Waals surface area contributed by atoms with Crippen LogP contribution < -0.4 is 14.4 Å². The number of carbonyl (C=O) groups is 1. The number of nitrogens with zero attached hydrogens (tertiary/aromatic N) is 2. The number of para-hydroxylation sites is 1. The molecule has 0 aromatic heterocycles. The molecule has 0 unspecified atom stereocenters. The maximum atomic E-state index is 12.4. The SMILES string of the molecule is COc1cccc2c1OCC(=O)N(c1cccc(C#N)c1)C2. The van der Waals surface area contributed by atoms with Crippen LogP contribution in [0.25, 0.3) is 0 Å². The molecule has 0 fully saturated rings. The summed E-state index contributed by atoms with van der Waals surface area (Å²) in [7, 11) is 1.57. The van der Waals surface area contributed by atoms with E-state index < -0.39 is 0 Å². The Labute approximate surface area is 128 Å². The Balaban J connectivity index is 2.02. The average molecular weight is 294 g/mol. The van der Waals surface area contributed by atoms with Gasteiger partial charge in [0.2, 0.25) is 0 Å². The van der Waals surface area contributed by atoms with Crippen LogP contribution >= 0.6 is 0 Å². The highest BCUT2D eigenvalue weighted by atomic mass is 16.5. The molecule has 1 aliphatic heterocycles. The number of nitriles is 1. The molecule has 5 nitrogen and oxygen atoms in total. The third kappa shape index (κ3) is 2.47. The quantitative estimate of drug-likeness (QED) is 0.853. The van der Waals surface area contributed by atoms with E-state index in [0.29, 0.717) is 29.3 Å². The lowest BCUT2D eigenvalue weighted by atomic mass is 10.1. The van der Waals surface area contributed by atoms with Gasteiger partial charge in [-0.2, -0.15) is 5.26 Å². The topological polar surface area (TPSA) is 62.6 Å². The number of amides is 1. The minimum absolute atomic E-state index is 0.0653. The first-order valence-electron chi connectivity index (χ1n) is 6.82. The number of hydrogen-bond acceptors (Lipinski definition) is 4. The van der Waals surface area contributed by atoms with Crippen molar-refractivity contribution in [2.24, 2.45) is 0 Å². The van der Waals surface area contributed by atoms with Crippen LogP contribution in [0.4, 0.5) is 5.69 Å². The van der Waals surface area contributed by atoms with E-state index in [1.54, 1.807) is 36.3 Å². The molecule has 1 aliphatic rings. The van der Waals surface area contributed by atoms with Gasteiger partial charge in [0.25, 0.3) is 5.91 Å². The van der Waals surface area contributed by atoms with Crippen molar-refractivity contribution in [2.75, 3.05) is 18.6 Å². The van der Waals surface area contributed by atoms with Crippen LogP contribution in [0.2, 0.25) is 0 Å². The van der Waals surface area contributed by atoms with Gasteiger partial charge < -0.3 is 14.4 Å². The minimum Gasteiger partial charge on any atom is -0.493 e. The van der Waals surface area contributed by atoms with Gasteiger partial charge in [0.1, 0.15) is 0 Å². The summed E-state index contributed by atoms with van der Waals surface area (Å²) in [5.41, 5.74) is 2.07. The molecule has 5 heteroatoms. The van der Waals surface area contributed by atoms with Crippen LogP contribution in [-0.4, -0.2) is 19.6 Å². The van der Waals surface area contributed by atoms with Gasteiger partial charge in [-0.3, -0.25) is 4.79 Å². The first kappa shape index (κ1) is 14.0. The highest BCUT2D eigenvalue weighted by Gasteiger charge is 2.25. The fraction of sp³-hybridized carbons (Fsp3) is 0.176. The number of rotatable bonds is 2. The van der Waals surface area contributed by atoms with E-state index >= 15 is 0 Å². The molecule has 0 saturated heterocycles. The molecule has 3 rings (SSSR count). The number of fused-ring (bicyclic) bond motifs is 1. The van der Waals surface area contributed by atoms with Gasteiger partial charge in [0.15, 0.2) is 18.1 Å². The Hall–Kier alpha value is -3.00. The summed E-state index contributed by atoms with van der Waals surface area (Å²) in [6.45, 7) is 0.310. The number of methoxy groups -OCH3 is 1. The van der Waals surface area contributed by atoms with E-state index in [4.69, 9.17) is 14.7 Å². The molecule has 110 valence electrons. The summed E-state index contributed by atoms with van der Waals surface area (Å²) < 4.78 is 10.9. The maximum absolute atomic E-state index is 12.4. The zero-order chi connectivity index (χ0) is 15.5. The van der Waals surface area contributed by atoms with E-state index in [2.05, 4.69) is 6.07 Å². The third-order valence-corrected chi connectivity index (χ3v) is 3.54. The number of benzene rings is 2. The first-order valence-corrected chi connectivity index (χ1v) is 6.82. The largest absolute Gasteiger partial charge is 0.493 e. The Morgan fingerprint density at radius 2 is 2.09 bits per heavy atom. The Morgan fingerprint density at radius 3 is 2.86 bits per heavy atom. The van der Waals surface area contributed by atoms with Crippen molar-refractivity contribution in [2.45, 2.75) is 6.54 Å². The van der Waals surface area contributed by atoms with E-state index in [1.165, 1.54) is 0 Å². The smallest absolute Gasteiger partial charge is 0.265 e. The lowest BCUT2D eigenvalue weighted by Gasteiger charge is -2.20. The van der Waals surface area contributed by atoms with Crippen molar-refractivity contribution < 1.29 is 14.3 Å². The first-order chi connectivity index (χ1) is 10.7. The van der Waals surface area contributed by atoms with Gasteiger partial charge in [0.05, 0.1) is 25.3 Å². The van der Waals surface area contributed by atoms with Crippen LogP contribution in [0, 0.1) is 11.3 Å². The van der Waals surface area contributed by atoms with Crippen molar-refractivity contribution in [1.82, 2.24) is 0 Å². The molecule has 1 amide bonds. The van der Waals surface area contributed by atoms with Crippen molar-refractivity contribution >= 4 is 11.6 Å². The minimum atomic E-state index is -0.159. The number of carbonyl (C=O) groups excluding carboxylic acids is 1. The molecular weight excluding hydrogens is 280 g/mol. The molecule has 0 atom stereocenters. The zero-order valence-electron chi connectivity index (χ0n) is 12.1. The predicted octanol–water partition coefficient (Wildman–Crippen LogP) is 2.49. The van der Waals surface area contributed by atoms with Crippen molar-refractivity contribution in [3.63, 3.8) is 0 Å². The molecule has 0 spiro atoms. The van der Waals surface area contributed by atoms with Crippen LogP contribution in [0.3, 0.4) is 0 Å². The fourth-order valence-electron chi connectivity index (χ4n) is 2.46. The highest BCUT2D eigenvalue weighted by Crippen LogP contribution is 2.34. The van der Waals surface area contributed by atoms with Crippen molar-refractivity contribution in [3.8, 4) is 17.6 Å². The van der Waals surface area contributed by atoms with Crippen LogP contribution in [0.15, 0.2) is 42.5 Å². The zero-order valence-corrected chi connectivity index (χ0v) is 12.1. The summed E-state index contributed by atoms with van der Waals surface area (Å²) in [6.07, 6.45) is 0. The normalized spacial score (nSPS) is 13.6. The Bertz CT molecular complexity index is 765. The number of ether oxygens (including phenoxy) is 2. The molecule has 0 bridgehead atoms. The van der Waals surface area contributed by atoms with Crippen LogP contribution in [-0.2, 0) is 11.3 Å². The second kappa shape index (κ2) is 5.78. The summed E-state index contributed by atoms with van der Waals surface area (Å²) in [6, 6.07) is 14.6. The summed E-state index contributed by atoms with van der Waals surface area (Å²) >= 11 is 0. The lowest BCUT2D eigenvalue weighted by molar-refractivity contribution is -0.120. The van der Waals surface area contributed by atoms with E-state index in [-0.39, 0.29) is 12.5 Å². The third-order valence-electron chi connectivity index (χ3n) is 3.54. The molecule has 1 heterocycles. The molecule has 2 aromatic rings. The number of anilines is 1. The molecule has 22 heavy (non-hydrogen) atoms. The van der Waals surface area contributed by atoms with E-state index in [1.807, 2.05) is 18.2 Å². The van der Waals surface area contributed by atoms with Crippen LogP contribution in [0.1, 0.15) is 11.1 Å². The van der Waals surface area contributed by atoms with Gasteiger partial charge >= 0.3 is 0 Å². The second-order valence-electron chi connectivity index (χ2n) is 4.88. The Morgan fingerprint density at radius 1 is 1.27 bits per heavy atom. The summed E-state index contributed by atoms with van der Waals surface area (Å²) in [5, 5.41) is 9.01. The van der Waals surface area contributed by atoms with Crippen molar-refractivity contribution in [3.05, 3.63) is 53.6 Å². The lowest BCUT2D eigenvalue weighted by Crippen LogP contribution is -2.32.